The van der Waals surface area contributed by atoms with E-state index in [4.69, 9.17) is 5.11 Å². The van der Waals surface area contributed by atoms with E-state index in [-0.39, 0.29) is 11.3 Å². The first kappa shape index (κ1) is 12.9. The van der Waals surface area contributed by atoms with Crippen LogP contribution in [0.2, 0.25) is 0 Å². The van der Waals surface area contributed by atoms with E-state index in [1.807, 2.05) is 0 Å². The van der Waals surface area contributed by atoms with Crippen LogP contribution in [0.5, 0.6) is 0 Å². The Balaban J connectivity index is 2.07. The van der Waals surface area contributed by atoms with E-state index in [1.54, 1.807) is 0 Å². The van der Waals surface area contributed by atoms with Crippen LogP contribution in [0.25, 0.3) is 0 Å². The van der Waals surface area contributed by atoms with Crippen LogP contribution in [0, 0.1) is 5.82 Å². The minimum Gasteiger partial charge on any atom is -0.478 e. The zero-order valence-electron chi connectivity index (χ0n) is 9.25. The number of nitrogens with zero attached hydrogens (tertiary/aromatic N) is 2. The minimum atomic E-state index is -1.24. The molecule has 0 aliphatic carbocycles. The van der Waals surface area contributed by atoms with Gasteiger partial charge in [-0.05, 0) is 18.2 Å². The lowest BCUT2D eigenvalue weighted by Crippen LogP contribution is -2.19. The number of halogens is 1. The molecular weight excluding hydrogens is 275 g/mol. The lowest BCUT2D eigenvalue weighted by Gasteiger charge is -2.07. The first-order valence-corrected chi connectivity index (χ1v) is 5.72. The van der Waals surface area contributed by atoms with Gasteiger partial charge in [-0.3, -0.25) is 5.32 Å². The Kier molecular flexibility index (Phi) is 3.66. The van der Waals surface area contributed by atoms with Crippen molar-refractivity contribution in [2.75, 3.05) is 10.6 Å². The number of aromatic nitrogens is 2. The Morgan fingerprint density at radius 1 is 1.32 bits per heavy atom. The molecule has 2 rings (SSSR count). The van der Waals surface area contributed by atoms with Crippen LogP contribution < -0.4 is 10.6 Å². The molecule has 98 valence electrons. The molecule has 7 nitrogen and oxygen atoms in total. The van der Waals surface area contributed by atoms with Gasteiger partial charge in [-0.1, -0.05) is 4.49 Å². The fourth-order valence-corrected chi connectivity index (χ4v) is 1.65. The van der Waals surface area contributed by atoms with Crippen LogP contribution in [0.15, 0.2) is 24.4 Å². The molecule has 1 aromatic heterocycles. The lowest BCUT2D eigenvalue weighted by atomic mass is 10.2. The SMILES string of the molecule is O=C(Nc1cnns1)Nc1ccc(C(=O)O)cc1F. The van der Waals surface area contributed by atoms with Gasteiger partial charge in [0.1, 0.15) is 10.8 Å². The van der Waals surface area contributed by atoms with Crippen LogP contribution in [-0.2, 0) is 0 Å². The summed E-state index contributed by atoms with van der Waals surface area (Å²) in [6.45, 7) is 0. The number of carboxylic acids is 1. The molecule has 0 unspecified atom stereocenters. The van der Waals surface area contributed by atoms with E-state index in [2.05, 4.69) is 20.2 Å². The van der Waals surface area contributed by atoms with Gasteiger partial charge in [-0.15, -0.1) is 5.10 Å². The molecule has 2 aromatic rings. The van der Waals surface area contributed by atoms with Gasteiger partial charge in [-0.25, -0.2) is 14.0 Å². The Morgan fingerprint density at radius 3 is 2.68 bits per heavy atom. The van der Waals surface area contributed by atoms with Gasteiger partial charge >= 0.3 is 12.0 Å². The first-order valence-electron chi connectivity index (χ1n) is 4.94. The van der Waals surface area contributed by atoms with Gasteiger partial charge < -0.3 is 10.4 Å². The molecule has 0 aliphatic rings. The number of nitrogens with one attached hydrogen (secondary N) is 2. The molecule has 0 spiro atoms. The number of urea groups is 1. The molecule has 0 bridgehead atoms. The van der Waals surface area contributed by atoms with Crippen molar-refractivity contribution in [2.45, 2.75) is 0 Å². The Bertz CT molecular complexity index is 617. The highest BCUT2D eigenvalue weighted by molar-refractivity contribution is 7.10. The molecular formula is C10H7FN4O3S. The van der Waals surface area contributed by atoms with Crippen molar-refractivity contribution in [3.8, 4) is 0 Å². The predicted octanol–water partition coefficient (Wildman–Crippen LogP) is 2.02. The number of anilines is 2. The fourth-order valence-electron chi connectivity index (χ4n) is 1.24. The average molecular weight is 282 g/mol. The summed E-state index contributed by atoms with van der Waals surface area (Å²) in [5.41, 5.74) is -0.324. The quantitative estimate of drug-likeness (QED) is 0.798. The topological polar surface area (TPSA) is 104 Å². The molecule has 19 heavy (non-hydrogen) atoms. The number of benzene rings is 1. The molecule has 0 saturated carbocycles. The second-order valence-corrected chi connectivity index (χ2v) is 4.15. The maximum absolute atomic E-state index is 13.5. The van der Waals surface area contributed by atoms with E-state index < -0.39 is 17.8 Å². The minimum absolute atomic E-state index is 0.125. The second-order valence-electron chi connectivity index (χ2n) is 3.36. The summed E-state index contributed by atoms with van der Waals surface area (Å²) >= 11 is 0.968. The number of aromatic carboxylic acids is 1. The van der Waals surface area contributed by atoms with Gasteiger partial charge in [-0.2, -0.15) is 0 Å². The van der Waals surface area contributed by atoms with E-state index in [9.17, 15) is 14.0 Å². The molecule has 2 amide bonds. The summed E-state index contributed by atoms with van der Waals surface area (Å²) in [7, 11) is 0. The van der Waals surface area contributed by atoms with Crippen molar-refractivity contribution >= 4 is 34.2 Å². The monoisotopic (exact) mass is 282 g/mol. The van der Waals surface area contributed by atoms with E-state index in [1.165, 1.54) is 18.3 Å². The average Bonchev–Trinajstić information content (AvgIpc) is 2.84. The third kappa shape index (κ3) is 3.22. The normalized spacial score (nSPS) is 9.95. The molecule has 0 atom stereocenters. The molecule has 0 fully saturated rings. The Labute approximate surface area is 110 Å². The smallest absolute Gasteiger partial charge is 0.335 e. The van der Waals surface area contributed by atoms with Gasteiger partial charge in [0.2, 0.25) is 0 Å². The van der Waals surface area contributed by atoms with Gasteiger partial charge in [0.25, 0.3) is 0 Å². The number of hydrogen-bond acceptors (Lipinski definition) is 5. The second kappa shape index (κ2) is 5.40. The molecule has 1 aromatic carbocycles. The molecule has 9 heteroatoms. The number of hydrogen-bond donors (Lipinski definition) is 3. The zero-order chi connectivity index (χ0) is 13.8. The Hall–Kier alpha value is -2.55. The summed E-state index contributed by atoms with van der Waals surface area (Å²) in [4.78, 5) is 22.1. The van der Waals surface area contributed by atoms with Crippen LogP contribution in [-0.4, -0.2) is 26.7 Å². The van der Waals surface area contributed by atoms with Crippen molar-refractivity contribution in [2.24, 2.45) is 0 Å². The highest BCUT2D eigenvalue weighted by atomic mass is 32.1. The number of carboxylic acid groups (broad SMARTS) is 1. The Morgan fingerprint density at radius 2 is 2.11 bits per heavy atom. The summed E-state index contributed by atoms with van der Waals surface area (Å²) in [5.74, 6) is -2.08. The third-order valence-corrected chi connectivity index (χ3v) is 2.64. The largest absolute Gasteiger partial charge is 0.478 e. The zero-order valence-corrected chi connectivity index (χ0v) is 10.1. The summed E-state index contributed by atoms with van der Waals surface area (Å²) in [6, 6.07) is 2.51. The summed E-state index contributed by atoms with van der Waals surface area (Å²) in [5, 5.41) is 17.2. The van der Waals surface area contributed by atoms with Crippen molar-refractivity contribution in [1.29, 1.82) is 0 Å². The number of carbonyl (C=O) groups excluding carboxylic acids is 1. The molecule has 3 N–H and O–H groups in total. The van der Waals surface area contributed by atoms with Crippen LogP contribution >= 0.6 is 11.5 Å². The van der Waals surface area contributed by atoms with Crippen LogP contribution in [0.3, 0.4) is 0 Å². The van der Waals surface area contributed by atoms with Crippen LogP contribution in [0.4, 0.5) is 19.9 Å². The predicted molar refractivity (Wildman–Crippen MR) is 65.9 cm³/mol. The highest BCUT2D eigenvalue weighted by Gasteiger charge is 2.11. The molecule has 0 aliphatic heterocycles. The van der Waals surface area contributed by atoms with E-state index in [0.717, 1.165) is 17.6 Å². The molecule has 1 heterocycles. The summed E-state index contributed by atoms with van der Waals surface area (Å²) < 4.78 is 17.1. The first-order chi connectivity index (χ1) is 9.06. The van der Waals surface area contributed by atoms with Crippen molar-refractivity contribution in [3.63, 3.8) is 0 Å². The molecule has 0 radical (unpaired) electrons. The molecule has 0 saturated heterocycles. The maximum Gasteiger partial charge on any atom is 0.335 e. The van der Waals surface area contributed by atoms with Gasteiger partial charge in [0, 0.05) is 11.5 Å². The van der Waals surface area contributed by atoms with Crippen molar-refractivity contribution in [3.05, 3.63) is 35.8 Å². The number of rotatable bonds is 3. The van der Waals surface area contributed by atoms with Crippen molar-refractivity contribution in [1.82, 2.24) is 9.59 Å². The van der Waals surface area contributed by atoms with E-state index >= 15 is 0 Å². The third-order valence-electron chi connectivity index (χ3n) is 2.06. The van der Waals surface area contributed by atoms with Crippen LogP contribution in [0.1, 0.15) is 10.4 Å². The van der Waals surface area contributed by atoms with Gasteiger partial charge in [0.15, 0.2) is 0 Å². The lowest BCUT2D eigenvalue weighted by molar-refractivity contribution is 0.0696. The number of amides is 2. The summed E-state index contributed by atoms with van der Waals surface area (Å²) in [6.07, 6.45) is 1.34. The maximum atomic E-state index is 13.5. The number of carbonyl (C=O) groups is 2. The van der Waals surface area contributed by atoms with Crippen molar-refractivity contribution < 1.29 is 19.1 Å². The van der Waals surface area contributed by atoms with E-state index in [0.29, 0.717) is 5.00 Å². The standard InChI is InChI=1S/C10H7FN4O3S/c11-6-3-5(9(16)17)1-2-7(6)13-10(18)14-8-4-12-15-19-8/h1-4H,(H,16,17)(H2,13,14,18). The fraction of sp³-hybridized carbons (Fsp3) is 0. The highest BCUT2D eigenvalue weighted by Crippen LogP contribution is 2.17. The van der Waals surface area contributed by atoms with Gasteiger partial charge in [0.05, 0.1) is 17.4 Å².